The van der Waals surface area contributed by atoms with Gasteiger partial charge in [0.05, 0.1) is 25.3 Å². The van der Waals surface area contributed by atoms with Crippen LogP contribution in [0.4, 0.5) is 5.82 Å². The van der Waals surface area contributed by atoms with Gasteiger partial charge >= 0.3 is 0 Å². The molecule has 0 amide bonds. The van der Waals surface area contributed by atoms with E-state index >= 15 is 0 Å². The molecule has 2 aliphatic rings. The van der Waals surface area contributed by atoms with Crippen molar-refractivity contribution in [3.63, 3.8) is 0 Å². The van der Waals surface area contributed by atoms with Gasteiger partial charge in [0.2, 0.25) is 0 Å². The van der Waals surface area contributed by atoms with Gasteiger partial charge < -0.3 is 10.5 Å². The van der Waals surface area contributed by atoms with Crippen molar-refractivity contribution in [2.24, 2.45) is 11.8 Å². The van der Waals surface area contributed by atoms with Gasteiger partial charge in [-0.25, -0.2) is 9.50 Å². The van der Waals surface area contributed by atoms with Gasteiger partial charge in [-0.2, -0.15) is 10.2 Å². The number of hydrogen-bond acceptors (Lipinski definition) is 6. The molecule has 1 saturated carbocycles. The van der Waals surface area contributed by atoms with Crippen LogP contribution >= 0.6 is 0 Å². The van der Waals surface area contributed by atoms with E-state index < -0.39 is 0 Å². The van der Waals surface area contributed by atoms with E-state index in [0.29, 0.717) is 11.7 Å². The number of rotatable bonds is 7. The SMILES string of the molecule is Nc1ncnn2c(C[C@@H]3C[C@@H]3CN3CCOCC3)cc(-c3ccc4cn(Cc5ccccc5)nc4c3)c12. The van der Waals surface area contributed by atoms with E-state index in [9.17, 15) is 0 Å². The van der Waals surface area contributed by atoms with Crippen LogP contribution in [0, 0.1) is 11.8 Å². The van der Waals surface area contributed by atoms with Crippen molar-refractivity contribution in [2.75, 3.05) is 38.6 Å². The first kappa shape index (κ1) is 22.4. The molecule has 188 valence electrons. The fourth-order valence-electron chi connectivity index (χ4n) is 5.75. The average molecular weight is 494 g/mol. The van der Waals surface area contributed by atoms with Crippen molar-refractivity contribution in [3.05, 3.63) is 78.4 Å². The minimum atomic E-state index is 0.506. The Bertz CT molecular complexity index is 1550. The lowest BCUT2D eigenvalue weighted by Gasteiger charge is -2.26. The number of nitrogens with two attached hydrogens (primary N) is 1. The molecule has 7 rings (SSSR count). The second-order valence-corrected chi connectivity index (χ2v) is 10.4. The number of aromatic nitrogens is 5. The van der Waals surface area contributed by atoms with Crippen molar-refractivity contribution >= 4 is 22.2 Å². The molecule has 1 aliphatic carbocycles. The molecule has 8 nitrogen and oxygen atoms in total. The zero-order valence-corrected chi connectivity index (χ0v) is 20.8. The first-order valence-electron chi connectivity index (χ1n) is 13.1. The van der Waals surface area contributed by atoms with Crippen LogP contribution in [0.5, 0.6) is 0 Å². The highest BCUT2D eigenvalue weighted by atomic mass is 16.5. The summed E-state index contributed by atoms with van der Waals surface area (Å²) < 4.78 is 9.51. The molecule has 1 aliphatic heterocycles. The summed E-state index contributed by atoms with van der Waals surface area (Å²) in [6.45, 7) is 5.73. The molecule has 0 radical (unpaired) electrons. The largest absolute Gasteiger partial charge is 0.382 e. The quantitative estimate of drug-likeness (QED) is 0.370. The van der Waals surface area contributed by atoms with Gasteiger partial charge in [0.1, 0.15) is 11.8 Å². The Morgan fingerprint density at radius 2 is 1.86 bits per heavy atom. The number of nitrogen functional groups attached to an aromatic ring is 1. The lowest BCUT2D eigenvalue weighted by Crippen LogP contribution is -2.37. The molecule has 4 heterocycles. The van der Waals surface area contributed by atoms with Gasteiger partial charge in [0, 0.05) is 42.5 Å². The van der Waals surface area contributed by atoms with Crippen molar-refractivity contribution in [1.82, 2.24) is 29.3 Å². The summed E-state index contributed by atoms with van der Waals surface area (Å²) >= 11 is 0. The third-order valence-electron chi connectivity index (χ3n) is 7.85. The predicted octanol–water partition coefficient (Wildman–Crippen LogP) is 3.89. The second kappa shape index (κ2) is 9.28. The third-order valence-corrected chi connectivity index (χ3v) is 7.85. The van der Waals surface area contributed by atoms with E-state index in [4.69, 9.17) is 15.6 Å². The fraction of sp³-hybridized carbons (Fsp3) is 0.345. The number of benzene rings is 2. The summed E-state index contributed by atoms with van der Waals surface area (Å²) in [7, 11) is 0. The van der Waals surface area contributed by atoms with Crippen LogP contribution in [0.1, 0.15) is 17.7 Å². The van der Waals surface area contributed by atoms with Crippen LogP contribution in [-0.2, 0) is 17.7 Å². The minimum Gasteiger partial charge on any atom is -0.382 e. The monoisotopic (exact) mass is 493 g/mol. The summed E-state index contributed by atoms with van der Waals surface area (Å²) in [5, 5.41) is 10.6. The maximum absolute atomic E-state index is 6.40. The average Bonchev–Trinajstić information content (AvgIpc) is 3.34. The van der Waals surface area contributed by atoms with Crippen LogP contribution in [0.15, 0.2) is 67.1 Å². The molecule has 2 N–H and O–H groups in total. The van der Waals surface area contributed by atoms with Gasteiger partial charge in [0.25, 0.3) is 0 Å². The lowest BCUT2D eigenvalue weighted by atomic mass is 10.0. The van der Waals surface area contributed by atoms with E-state index in [2.05, 4.69) is 69.7 Å². The van der Waals surface area contributed by atoms with Gasteiger partial charge in [-0.3, -0.25) is 9.58 Å². The van der Waals surface area contributed by atoms with Crippen molar-refractivity contribution in [2.45, 2.75) is 19.4 Å². The van der Waals surface area contributed by atoms with Crippen LogP contribution in [-0.4, -0.2) is 62.1 Å². The Morgan fingerprint density at radius 3 is 2.73 bits per heavy atom. The normalized spacial score (nSPS) is 20.1. The highest BCUT2D eigenvalue weighted by molar-refractivity contribution is 5.92. The molecule has 8 heteroatoms. The zero-order valence-electron chi connectivity index (χ0n) is 20.8. The first-order chi connectivity index (χ1) is 18.2. The number of nitrogens with zero attached hydrogens (tertiary/aromatic N) is 6. The minimum absolute atomic E-state index is 0.506. The molecule has 0 bridgehead atoms. The van der Waals surface area contributed by atoms with Crippen molar-refractivity contribution in [3.8, 4) is 11.1 Å². The van der Waals surface area contributed by atoms with Gasteiger partial charge in [-0.1, -0.05) is 42.5 Å². The molecule has 2 atom stereocenters. The van der Waals surface area contributed by atoms with E-state index in [1.54, 1.807) is 6.33 Å². The lowest BCUT2D eigenvalue weighted by molar-refractivity contribution is 0.0351. The molecule has 2 fully saturated rings. The fourth-order valence-corrected chi connectivity index (χ4v) is 5.75. The van der Waals surface area contributed by atoms with E-state index in [1.165, 1.54) is 24.2 Å². The second-order valence-electron chi connectivity index (χ2n) is 10.4. The smallest absolute Gasteiger partial charge is 0.151 e. The number of morpholine rings is 1. The summed E-state index contributed by atoms with van der Waals surface area (Å²) in [5.41, 5.74) is 12.8. The molecule has 37 heavy (non-hydrogen) atoms. The molecule has 0 spiro atoms. The molecule has 5 aromatic rings. The van der Waals surface area contributed by atoms with E-state index in [-0.39, 0.29) is 0 Å². The van der Waals surface area contributed by atoms with Crippen LogP contribution in [0.25, 0.3) is 27.5 Å². The van der Waals surface area contributed by atoms with Gasteiger partial charge in [-0.15, -0.1) is 0 Å². The van der Waals surface area contributed by atoms with Crippen LogP contribution in [0.2, 0.25) is 0 Å². The molecule has 2 aromatic carbocycles. The number of ether oxygens (including phenoxy) is 1. The van der Waals surface area contributed by atoms with Crippen molar-refractivity contribution < 1.29 is 4.74 Å². The van der Waals surface area contributed by atoms with Gasteiger partial charge in [0.15, 0.2) is 5.82 Å². The number of anilines is 1. The maximum Gasteiger partial charge on any atom is 0.151 e. The van der Waals surface area contributed by atoms with Crippen LogP contribution in [0.3, 0.4) is 0 Å². The van der Waals surface area contributed by atoms with Crippen molar-refractivity contribution in [1.29, 1.82) is 0 Å². The molecule has 3 aromatic heterocycles. The first-order valence-corrected chi connectivity index (χ1v) is 13.1. The topological polar surface area (TPSA) is 86.5 Å². The maximum atomic E-state index is 6.40. The molecular formula is C29H31N7O. The molecule has 0 unspecified atom stereocenters. The summed E-state index contributed by atoms with van der Waals surface area (Å²) in [5.74, 6) is 1.93. The van der Waals surface area contributed by atoms with Gasteiger partial charge in [-0.05, 0) is 47.9 Å². The summed E-state index contributed by atoms with van der Waals surface area (Å²) in [6.07, 6.45) is 5.93. The Hall–Kier alpha value is -3.75. The number of hydrogen-bond donors (Lipinski definition) is 1. The number of fused-ring (bicyclic) bond motifs is 2. The van der Waals surface area contributed by atoms with E-state index in [0.717, 1.165) is 72.7 Å². The Labute approximate surface area is 215 Å². The predicted molar refractivity (Wildman–Crippen MR) is 144 cm³/mol. The summed E-state index contributed by atoms with van der Waals surface area (Å²) in [4.78, 5) is 6.86. The molecular weight excluding hydrogens is 462 g/mol. The van der Waals surface area contributed by atoms with Crippen LogP contribution < -0.4 is 5.73 Å². The van der Waals surface area contributed by atoms with E-state index in [1.807, 2.05) is 15.3 Å². The standard InChI is InChI=1S/C29H31N7O/c30-29-28-26(21-6-7-22-18-35(33-27(22)14-21)16-20-4-2-1-3-5-20)15-25(36(28)32-19-31-29)13-23-12-24(23)17-34-8-10-37-11-9-34/h1-7,14-15,18-19,23-24H,8-13,16-17H2,(H2,30,31,32)/t23-,24+/m0/s1. The summed E-state index contributed by atoms with van der Waals surface area (Å²) in [6, 6.07) is 19.1. The Morgan fingerprint density at radius 1 is 1.00 bits per heavy atom. The highest BCUT2D eigenvalue weighted by Gasteiger charge is 2.39. The third kappa shape index (κ3) is 4.47. The highest BCUT2D eigenvalue weighted by Crippen LogP contribution is 2.43. The molecule has 1 saturated heterocycles. The Kier molecular flexibility index (Phi) is 5.63. The Balaban J connectivity index is 1.17. The zero-order chi connectivity index (χ0) is 24.8.